The normalized spacial score (nSPS) is 18.2. The monoisotopic (exact) mass is 338 g/mol. The third kappa shape index (κ3) is 9.41. The quantitative estimate of drug-likeness (QED) is 0.501. The van der Waals surface area contributed by atoms with E-state index in [0.29, 0.717) is 25.8 Å². The van der Waals surface area contributed by atoms with Crippen LogP contribution in [0.15, 0.2) is 0 Å². The van der Waals surface area contributed by atoms with Crippen LogP contribution in [0.25, 0.3) is 0 Å². The number of imide groups is 1. The standard InChI is InChI=1S/C20H38N2O2/c1-2-3-4-5-6-7-8-9-10-11-12-13-14-19(23)22-17-18(21)15-16-20(22)24/h18H,2-17,21H2,1H3/t18-/m0/s1. The summed E-state index contributed by atoms with van der Waals surface area (Å²) in [4.78, 5) is 25.2. The molecule has 1 aliphatic rings. The van der Waals surface area contributed by atoms with Gasteiger partial charge in [-0.2, -0.15) is 0 Å². The van der Waals surface area contributed by atoms with Crippen molar-refractivity contribution in [1.82, 2.24) is 4.90 Å². The fraction of sp³-hybridized carbons (Fsp3) is 0.900. The number of likely N-dealkylation sites (tertiary alicyclic amines) is 1. The van der Waals surface area contributed by atoms with Gasteiger partial charge in [0.1, 0.15) is 0 Å². The second-order valence-electron chi connectivity index (χ2n) is 7.34. The van der Waals surface area contributed by atoms with Crippen molar-refractivity contribution in [3.63, 3.8) is 0 Å². The number of nitrogens with zero attached hydrogens (tertiary/aromatic N) is 1. The number of unbranched alkanes of at least 4 members (excludes halogenated alkanes) is 11. The summed E-state index contributed by atoms with van der Waals surface area (Å²) in [5.74, 6) is -0.0668. The van der Waals surface area contributed by atoms with E-state index in [9.17, 15) is 9.59 Å². The fourth-order valence-electron chi connectivity index (χ4n) is 3.36. The van der Waals surface area contributed by atoms with Crippen LogP contribution in [-0.4, -0.2) is 29.3 Å². The predicted octanol–water partition coefficient (Wildman–Crippen LogP) is 4.55. The highest BCUT2D eigenvalue weighted by atomic mass is 16.2. The second kappa shape index (κ2) is 13.4. The molecule has 140 valence electrons. The topological polar surface area (TPSA) is 63.4 Å². The van der Waals surface area contributed by atoms with E-state index < -0.39 is 0 Å². The number of hydrogen-bond donors (Lipinski definition) is 1. The maximum absolute atomic E-state index is 12.1. The molecular formula is C20H38N2O2. The molecular weight excluding hydrogens is 300 g/mol. The Balaban J connectivity index is 1.91. The molecule has 0 radical (unpaired) electrons. The minimum atomic E-state index is -0.0411. The molecule has 1 saturated heterocycles. The zero-order chi connectivity index (χ0) is 17.6. The van der Waals surface area contributed by atoms with Gasteiger partial charge in [-0.25, -0.2) is 0 Å². The number of carbonyl (C=O) groups is 2. The van der Waals surface area contributed by atoms with Crippen LogP contribution in [0.1, 0.15) is 103 Å². The van der Waals surface area contributed by atoms with E-state index in [1.807, 2.05) is 0 Å². The van der Waals surface area contributed by atoms with Crippen molar-refractivity contribution in [3.8, 4) is 0 Å². The first kappa shape index (κ1) is 21.1. The van der Waals surface area contributed by atoms with E-state index in [0.717, 1.165) is 12.8 Å². The number of rotatable bonds is 13. The summed E-state index contributed by atoms with van der Waals surface area (Å²) in [6.45, 7) is 2.67. The van der Waals surface area contributed by atoms with Crippen LogP contribution in [-0.2, 0) is 9.59 Å². The highest BCUT2D eigenvalue weighted by Gasteiger charge is 2.27. The van der Waals surface area contributed by atoms with Crippen molar-refractivity contribution >= 4 is 11.8 Å². The van der Waals surface area contributed by atoms with Crippen molar-refractivity contribution in [1.29, 1.82) is 0 Å². The van der Waals surface area contributed by atoms with Crippen LogP contribution in [0.3, 0.4) is 0 Å². The Morgan fingerprint density at radius 1 is 0.958 bits per heavy atom. The van der Waals surface area contributed by atoms with Gasteiger partial charge in [0.2, 0.25) is 11.8 Å². The first-order valence-corrected chi connectivity index (χ1v) is 10.2. The molecule has 0 aromatic heterocycles. The van der Waals surface area contributed by atoms with Crippen LogP contribution < -0.4 is 5.73 Å². The summed E-state index contributed by atoms with van der Waals surface area (Å²) in [5.41, 5.74) is 5.85. The van der Waals surface area contributed by atoms with Gasteiger partial charge in [0.25, 0.3) is 0 Å². The third-order valence-electron chi connectivity index (χ3n) is 4.99. The highest BCUT2D eigenvalue weighted by Crippen LogP contribution is 2.15. The summed E-state index contributed by atoms with van der Waals surface area (Å²) in [6.07, 6.45) is 17.0. The summed E-state index contributed by atoms with van der Waals surface area (Å²) in [7, 11) is 0. The van der Waals surface area contributed by atoms with Gasteiger partial charge in [0.05, 0.1) is 0 Å². The van der Waals surface area contributed by atoms with Crippen molar-refractivity contribution < 1.29 is 9.59 Å². The number of piperidine rings is 1. The lowest BCUT2D eigenvalue weighted by Crippen LogP contribution is -2.48. The average molecular weight is 339 g/mol. The summed E-state index contributed by atoms with van der Waals surface area (Å²) in [6, 6.07) is -0.0337. The van der Waals surface area contributed by atoms with Crippen LogP contribution in [0.4, 0.5) is 0 Å². The largest absolute Gasteiger partial charge is 0.326 e. The molecule has 1 heterocycles. The Hall–Kier alpha value is -0.900. The zero-order valence-electron chi connectivity index (χ0n) is 15.7. The minimum absolute atomic E-state index is 0.0257. The molecule has 0 bridgehead atoms. The van der Waals surface area contributed by atoms with E-state index in [4.69, 9.17) is 5.73 Å². The highest BCUT2D eigenvalue weighted by molar-refractivity contribution is 5.95. The fourth-order valence-corrected chi connectivity index (χ4v) is 3.36. The van der Waals surface area contributed by atoms with Gasteiger partial charge in [0, 0.05) is 25.4 Å². The summed E-state index contributed by atoms with van der Waals surface area (Å²) in [5, 5.41) is 0. The number of nitrogens with two attached hydrogens (primary N) is 1. The maximum Gasteiger partial charge on any atom is 0.229 e. The maximum atomic E-state index is 12.1. The molecule has 2 N–H and O–H groups in total. The van der Waals surface area contributed by atoms with E-state index in [-0.39, 0.29) is 17.9 Å². The number of hydrogen-bond acceptors (Lipinski definition) is 3. The van der Waals surface area contributed by atoms with E-state index >= 15 is 0 Å². The lowest BCUT2D eigenvalue weighted by atomic mass is 10.0. The SMILES string of the molecule is CCCCCCCCCCCCCCC(=O)N1C[C@@H](N)CCC1=O. The third-order valence-corrected chi connectivity index (χ3v) is 4.99. The predicted molar refractivity (Wildman–Crippen MR) is 99.6 cm³/mol. The number of amides is 2. The molecule has 4 nitrogen and oxygen atoms in total. The molecule has 24 heavy (non-hydrogen) atoms. The molecule has 2 amide bonds. The lowest BCUT2D eigenvalue weighted by Gasteiger charge is -2.29. The van der Waals surface area contributed by atoms with Gasteiger partial charge in [-0.3, -0.25) is 14.5 Å². The Labute approximate surface area is 148 Å². The first-order chi connectivity index (χ1) is 11.6. The van der Waals surface area contributed by atoms with E-state index in [1.54, 1.807) is 0 Å². The van der Waals surface area contributed by atoms with Crippen molar-refractivity contribution in [3.05, 3.63) is 0 Å². The van der Waals surface area contributed by atoms with Gasteiger partial charge in [-0.05, 0) is 12.8 Å². The lowest BCUT2D eigenvalue weighted by molar-refractivity contribution is -0.147. The molecule has 1 aliphatic heterocycles. The molecule has 0 aliphatic carbocycles. The molecule has 1 fully saturated rings. The molecule has 1 rings (SSSR count). The van der Waals surface area contributed by atoms with Crippen LogP contribution >= 0.6 is 0 Å². The van der Waals surface area contributed by atoms with Crippen LogP contribution in [0.2, 0.25) is 0 Å². The molecule has 0 aromatic carbocycles. The van der Waals surface area contributed by atoms with E-state index in [2.05, 4.69) is 6.92 Å². The Morgan fingerprint density at radius 2 is 1.46 bits per heavy atom. The molecule has 0 spiro atoms. The van der Waals surface area contributed by atoms with Crippen LogP contribution in [0.5, 0.6) is 0 Å². The van der Waals surface area contributed by atoms with Crippen LogP contribution in [0, 0.1) is 0 Å². The summed E-state index contributed by atoms with van der Waals surface area (Å²) >= 11 is 0. The van der Waals surface area contributed by atoms with Gasteiger partial charge in [-0.15, -0.1) is 0 Å². The Bertz CT molecular complexity index is 358. The van der Waals surface area contributed by atoms with Crippen molar-refractivity contribution in [2.75, 3.05) is 6.54 Å². The van der Waals surface area contributed by atoms with Gasteiger partial charge in [0.15, 0.2) is 0 Å². The smallest absolute Gasteiger partial charge is 0.229 e. The molecule has 0 aromatic rings. The first-order valence-electron chi connectivity index (χ1n) is 10.2. The Kier molecular flexibility index (Phi) is 11.8. The van der Waals surface area contributed by atoms with Gasteiger partial charge in [-0.1, -0.05) is 77.6 Å². The molecule has 0 unspecified atom stereocenters. The van der Waals surface area contributed by atoms with Gasteiger partial charge >= 0.3 is 0 Å². The molecule has 1 atom stereocenters. The van der Waals surface area contributed by atoms with Gasteiger partial charge < -0.3 is 5.73 Å². The average Bonchev–Trinajstić information content (AvgIpc) is 2.57. The zero-order valence-corrected chi connectivity index (χ0v) is 15.7. The summed E-state index contributed by atoms with van der Waals surface area (Å²) < 4.78 is 0. The minimum Gasteiger partial charge on any atom is -0.326 e. The molecule has 0 saturated carbocycles. The molecule has 4 heteroatoms. The van der Waals surface area contributed by atoms with Crippen molar-refractivity contribution in [2.45, 2.75) is 109 Å². The second-order valence-corrected chi connectivity index (χ2v) is 7.34. The van der Waals surface area contributed by atoms with Crippen molar-refractivity contribution in [2.24, 2.45) is 5.73 Å². The Morgan fingerprint density at radius 3 is 2.00 bits per heavy atom. The number of carbonyl (C=O) groups excluding carboxylic acids is 2. The van der Waals surface area contributed by atoms with E-state index in [1.165, 1.54) is 69.1 Å².